The number of rotatable bonds is 22. The van der Waals surface area contributed by atoms with Gasteiger partial charge in [0.05, 0.1) is 19.5 Å². The fraction of sp³-hybridized carbons (Fsp3) is 0.486. The zero-order chi connectivity index (χ0) is 45.7. The maximum Gasteiger partial charge on any atom is 0.490 e. The van der Waals surface area contributed by atoms with E-state index in [2.05, 4.69) is 90.2 Å². The van der Waals surface area contributed by atoms with E-state index >= 15 is 0 Å². The molecule has 3 unspecified atom stereocenters. The maximum absolute atomic E-state index is 12.8. The van der Waals surface area contributed by atoms with Crippen LogP contribution in [0.1, 0.15) is 44.8 Å². The third-order valence-corrected chi connectivity index (χ3v) is 14.5. The van der Waals surface area contributed by atoms with Crippen LogP contribution in [0.4, 0.5) is 17.2 Å². The number of anilines is 3. The molecule has 1 aliphatic rings. The lowest BCUT2D eigenvalue weighted by Gasteiger charge is -2.20. The molecule has 1 saturated heterocycles. The number of nitrogen functional groups attached to an aromatic ring is 1. The number of amides is 1. The molecule has 63 heavy (non-hydrogen) atoms. The molecule has 344 valence electrons. The number of aryl methyl sites for hydroxylation is 1. The summed E-state index contributed by atoms with van der Waals surface area (Å²) >= 11 is 0. The molecule has 0 saturated carbocycles. The molecule has 8 N–H and O–H groups in total. The molecule has 7 atom stereocenters. The highest BCUT2D eigenvalue weighted by molar-refractivity contribution is 7.66. The number of aliphatic hydroxyl groups excluding tert-OH is 2. The number of imidazole rings is 1. The van der Waals surface area contributed by atoms with Gasteiger partial charge in [0, 0.05) is 81.9 Å². The molecule has 0 spiro atoms. The van der Waals surface area contributed by atoms with Crippen LogP contribution in [0, 0.1) is 0 Å². The predicted molar refractivity (Wildman–Crippen MR) is 230 cm³/mol. The Balaban J connectivity index is 0.879. The van der Waals surface area contributed by atoms with Crippen molar-refractivity contribution >= 4 is 79.5 Å². The molecule has 1 fully saturated rings. The van der Waals surface area contributed by atoms with Gasteiger partial charge in [-0.2, -0.15) is 13.2 Å². The number of nitrogens with two attached hydrogens (primary N) is 1. The van der Waals surface area contributed by atoms with Crippen molar-refractivity contribution in [3.63, 3.8) is 0 Å². The van der Waals surface area contributed by atoms with Crippen molar-refractivity contribution in [2.75, 3.05) is 63.5 Å². The van der Waals surface area contributed by atoms with Crippen molar-refractivity contribution in [1.29, 1.82) is 0 Å². The van der Waals surface area contributed by atoms with Crippen molar-refractivity contribution in [2.45, 2.75) is 69.6 Å². The molecule has 3 aromatic heterocycles. The Labute approximate surface area is 362 Å². The summed E-state index contributed by atoms with van der Waals surface area (Å²) in [5.74, 6) is -0.0448. The summed E-state index contributed by atoms with van der Waals surface area (Å²) in [5, 5.41) is 26.2. The number of aromatic nitrogens is 5. The number of carbonyl (C=O) groups is 1. The van der Waals surface area contributed by atoms with Gasteiger partial charge in [0.25, 0.3) is 0 Å². The summed E-state index contributed by atoms with van der Waals surface area (Å²) in [6, 6.07) is 14.9. The predicted octanol–water partition coefficient (Wildman–Crippen LogP) is 3.28. The number of unbranched alkanes of at least 4 members (excludes halogenated alkanes) is 3. The van der Waals surface area contributed by atoms with E-state index in [0.717, 1.165) is 39.5 Å². The molecule has 4 heterocycles. The Morgan fingerprint density at radius 1 is 0.825 bits per heavy atom. The molecule has 2 aromatic carbocycles. The van der Waals surface area contributed by atoms with Gasteiger partial charge in [-0.05, 0) is 43.2 Å². The minimum atomic E-state index is -5.76. The standard InChI is InChI=1S/C37H52N9O14P3/c1-43(2)26-13-11-24-18-25-12-14-27(44(3)4)20-29(25)45(28(24)19-26)16-9-10-31(47)39-15-7-5-6-8-17-56-61(50,51)59-63(54,55)60-62(52,53)57-21-30-33(48)34(49)37(58-30)46-23-42-32-35(38)40-22-41-36(32)46/h11-14,18-20,22-23,30,33-34,37,48-49H,5-10,15-17,21H2,1-4H3,(H5-,38,39,40,41,47,50,51,52,53,54,55)/p+1/t30-,33-,34-,37-/m1/s1. The first kappa shape index (κ1) is 48.3. The van der Waals surface area contributed by atoms with E-state index in [4.69, 9.17) is 15.0 Å². The fourth-order valence-electron chi connectivity index (χ4n) is 6.99. The van der Waals surface area contributed by atoms with Crippen LogP contribution in [0.15, 0.2) is 55.1 Å². The number of hydrogen-bond acceptors (Lipinski definition) is 17. The number of carbonyl (C=O) groups excluding carboxylic acids is 1. The third kappa shape index (κ3) is 12.3. The van der Waals surface area contributed by atoms with E-state index < -0.39 is 54.6 Å². The number of aliphatic hydroxyl groups is 2. The van der Waals surface area contributed by atoms with Crippen LogP contribution in [-0.4, -0.2) is 117 Å². The molecular formula is C37H53N9O14P3+. The molecule has 1 aliphatic heterocycles. The first-order chi connectivity index (χ1) is 29.7. The molecule has 1 amide bonds. The highest BCUT2D eigenvalue weighted by Crippen LogP contribution is 2.67. The molecule has 5 aromatic rings. The molecule has 23 nitrogen and oxygen atoms in total. The summed E-state index contributed by atoms with van der Waals surface area (Å²) in [6.07, 6.45) is -0.842. The summed E-state index contributed by atoms with van der Waals surface area (Å²) in [5.41, 5.74) is 10.4. The molecular weight excluding hydrogens is 887 g/mol. The van der Waals surface area contributed by atoms with Crippen LogP contribution >= 0.6 is 23.5 Å². The average Bonchev–Trinajstić information content (AvgIpc) is 3.76. The number of fused-ring (bicyclic) bond motifs is 3. The lowest BCUT2D eigenvalue weighted by molar-refractivity contribution is -0.645. The van der Waals surface area contributed by atoms with E-state index in [1.807, 2.05) is 28.2 Å². The average molecular weight is 941 g/mol. The lowest BCUT2D eigenvalue weighted by Crippen LogP contribution is -2.37. The van der Waals surface area contributed by atoms with E-state index in [1.54, 1.807) is 0 Å². The van der Waals surface area contributed by atoms with Crippen LogP contribution < -0.4 is 25.4 Å². The van der Waals surface area contributed by atoms with Gasteiger partial charge in [0.1, 0.15) is 36.7 Å². The van der Waals surface area contributed by atoms with Crippen LogP contribution in [0.3, 0.4) is 0 Å². The van der Waals surface area contributed by atoms with Crippen LogP contribution in [0.5, 0.6) is 0 Å². The number of benzene rings is 2. The minimum Gasteiger partial charge on any atom is -0.387 e. The topological polar surface area (TPSA) is 308 Å². The van der Waals surface area contributed by atoms with E-state index in [0.29, 0.717) is 45.2 Å². The highest BCUT2D eigenvalue weighted by Gasteiger charge is 2.47. The first-order valence-electron chi connectivity index (χ1n) is 19.9. The van der Waals surface area contributed by atoms with Crippen LogP contribution in [0.2, 0.25) is 0 Å². The van der Waals surface area contributed by atoms with Gasteiger partial charge in [-0.1, -0.05) is 12.8 Å². The number of pyridine rings is 1. The van der Waals surface area contributed by atoms with Crippen molar-refractivity contribution in [1.82, 2.24) is 24.8 Å². The summed E-state index contributed by atoms with van der Waals surface area (Å²) in [7, 11) is -8.56. The zero-order valence-corrected chi connectivity index (χ0v) is 37.7. The Kier molecular flexibility index (Phi) is 15.6. The number of phosphoric acid groups is 3. The zero-order valence-electron chi connectivity index (χ0n) is 35.0. The third-order valence-electron chi connectivity index (χ3n) is 10.2. The second-order valence-corrected chi connectivity index (χ2v) is 19.9. The molecule has 26 heteroatoms. The number of nitrogens with one attached hydrogen (secondary N) is 1. The largest absolute Gasteiger partial charge is 0.490 e. The van der Waals surface area contributed by atoms with Gasteiger partial charge in [0.15, 0.2) is 17.7 Å². The Morgan fingerprint density at radius 2 is 1.44 bits per heavy atom. The summed E-state index contributed by atoms with van der Waals surface area (Å²) in [6.45, 7) is -0.294. The molecule has 6 rings (SSSR count). The smallest absolute Gasteiger partial charge is 0.387 e. The van der Waals surface area contributed by atoms with Gasteiger partial charge in [0.2, 0.25) is 16.9 Å². The fourth-order valence-corrected chi connectivity index (χ4v) is 10.5. The van der Waals surface area contributed by atoms with E-state index in [9.17, 15) is 43.4 Å². The second kappa shape index (κ2) is 20.3. The molecule has 0 bridgehead atoms. The van der Waals surface area contributed by atoms with Gasteiger partial charge in [-0.25, -0.2) is 28.6 Å². The SMILES string of the molecule is CN(C)c1ccc2cc3ccc(N(C)C)cc3[n+](CCCC(=O)NCCCCCCOP(=O)(O)OP(=O)(O)OP(=O)(O)OC[C@H]3O[C@@H](n4cnc5c(N)ncnc54)[C@H](O)[C@@H]3O)c2c1. The number of phosphoric ester groups is 2. The van der Waals surface area contributed by atoms with Gasteiger partial charge >= 0.3 is 23.5 Å². The van der Waals surface area contributed by atoms with Gasteiger partial charge in [-0.15, -0.1) is 0 Å². The Morgan fingerprint density at radius 3 is 2.08 bits per heavy atom. The van der Waals surface area contributed by atoms with Crippen molar-refractivity contribution in [2.24, 2.45) is 0 Å². The molecule has 0 radical (unpaired) electrons. The van der Waals surface area contributed by atoms with Gasteiger partial charge in [-0.3, -0.25) is 18.4 Å². The number of nitrogens with zero attached hydrogens (tertiary/aromatic N) is 7. The summed E-state index contributed by atoms with van der Waals surface area (Å²) in [4.78, 5) is 58.7. The number of ether oxygens (including phenoxy) is 1. The molecule has 0 aliphatic carbocycles. The monoisotopic (exact) mass is 940 g/mol. The van der Waals surface area contributed by atoms with Crippen molar-refractivity contribution in [3.8, 4) is 0 Å². The number of hydrogen-bond donors (Lipinski definition) is 7. The highest BCUT2D eigenvalue weighted by atomic mass is 31.3. The Bertz CT molecular complexity index is 2500. The summed E-state index contributed by atoms with van der Waals surface area (Å²) < 4.78 is 64.0. The van der Waals surface area contributed by atoms with E-state index in [1.165, 1.54) is 10.9 Å². The Hall–Kier alpha value is -4.18. The first-order valence-corrected chi connectivity index (χ1v) is 24.4. The quantitative estimate of drug-likeness (QED) is 0.0227. The lowest BCUT2D eigenvalue weighted by atomic mass is 10.1. The van der Waals surface area contributed by atoms with E-state index in [-0.39, 0.29) is 35.9 Å². The minimum absolute atomic E-state index is 0.0415. The second-order valence-electron chi connectivity index (χ2n) is 15.3. The van der Waals surface area contributed by atoms with Crippen molar-refractivity contribution < 1.29 is 70.4 Å². The maximum atomic E-state index is 12.8. The van der Waals surface area contributed by atoms with Crippen LogP contribution in [0.25, 0.3) is 33.0 Å². The van der Waals surface area contributed by atoms with Crippen LogP contribution in [-0.2, 0) is 47.4 Å². The van der Waals surface area contributed by atoms with Gasteiger partial charge < -0.3 is 50.5 Å². The normalized spacial score (nSPS) is 20.7. The van der Waals surface area contributed by atoms with Crippen molar-refractivity contribution in [3.05, 3.63) is 55.1 Å².